The zero-order chi connectivity index (χ0) is 18.5. The molecule has 0 unspecified atom stereocenters. The average Bonchev–Trinajstić information content (AvgIpc) is 2.50. The summed E-state index contributed by atoms with van der Waals surface area (Å²) in [6.07, 6.45) is 22.7. The van der Waals surface area contributed by atoms with Crippen molar-refractivity contribution in [3.8, 4) is 0 Å². The molecule has 0 spiro atoms. The highest BCUT2D eigenvalue weighted by molar-refractivity contribution is 5.80. The first-order chi connectivity index (χ1) is 11.5. The maximum Gasteiger partial charge on any atom is 0.328 e. The van der Waals surface area contributed by atoms with Crippen molar-refractivity contribution in [2.75, 3.05) is 0 Å². The minimum atomic E-state index is -0.885. The molecule has 0 atom stereocenters. The molecule has 2 N–H and O–H groups in total. The van der Waals surface area contributed by atoms with E-state index in [0.29, 0.717) is 0 Å². The third-order valence-corrected chi connectivity index (χ3v) is 3.46. The van der Waals surface area contributed by atoms with Crippen molar-refractivity contribution in [2.24, 2.45) is 0 Å². The van der Waals surface area contributed by atoms with E-state index in [1.807, 2.05) is 12.2 Å². The minimum Gasteiger partial charge on any atom is -0.481 e. The summed E-state index contributed by atoms with van der Waals surface area (Å²) < 4.78 is 0. The fourth-order valence-corrected chi connectivity index (χ4v) is 2.24. The summed E-state index contributed by atoms with van der Waals surface area (Å²) in [5.74, 6) is -1.72. The predicted molar refractivity (Wildman–Crippen MR) is 100 cm³/mol. The van der Waals surface area contributed by atoms with Crippen LogP contribution in [0.4, 0.5) is 0 Å². The zero-order valence-electron chi connectivity index (χ0n) is 15.5. The second kappa shape index (κ2) is 21.4. The number of unbranched alkanes of at least 4 members (excludes halogenated alkanes) is 11. The van der Waals surface area contributed by atoms with Gasteiger partial charge in [0.05, 0.1) is 0 Å². The number of rotatable bonds is 14. The summed E-state index contributed by atoms with van der Waals surface area (Å²) in [6.45, 7) is 3.34. The van der Waals surface area contributed by atoms with E-state index in [4.69, 9.17) is 15.0 Å². The Hall–Kier alpha value is -1.58. The second-order valence-electron chi connectivity index (χ2n) is 5.97. The van der Waals surface area contributed by atoms with Gasteiger partial charge in [-0.2, -0.15) is 0 Å². The highest BCUT2D eigenvalue weighted by atomic mass is 16.4. The molecule has 140 valence electrons. The lowest BCUT2D eigenvalue weighted by atomic mass is 10.1. The highest BCUT2D eigenvalue weighted by Gasteiger charge is 1.92. The molecule has 0 aliphatic carbocycles. The van der Waals surface area contributed by atoms with Crippen LogP contribution in [-0.4, -0.2) is 22.2 Å². The zero-order valence-corrected chi connectivity index (χ0v) is 15.5. The van der Waals surface area contributed by atoms with Crippen LogP contribution in [0.15, 0.2) is 24.3 Å². The molecule has 0 aliphatic heterocycles. The van der Waals surface area contributed by atoms with Crippen LogP contribution in [0.3, 0.4) is 0 Å². The van der Waals surface area contributed by atoms with Crippen molar-refractivity contribution in [3.05, 3.63) is 24.3 Å². The first kappa shape index (κ1) is 24.7. The van der Waals surface area contributed by atoms with Gasteiger partial charge in [0.25, 0.3) is 5.97 Å². The summed E-state index contributed by atoms with van der Waals surface area (Å²) >= 11 is 0. The first-order valence-electron chi connectivity index (χ1n) is 9.26. The van der Waals surface area contributed by atoms with Crippen LogP contribution in [0.5, 0.6) is 0 Å². The molecule has 0 rings (SSSR count). The molecule has 0 fully saturated rings. The van der Waals surface area contributed by atoms with Gasteiger partial charge in [0.2, 0.25) is 0 Å². The third kappa shape index (κ3) is 32.4. The fraction of sp³-hybridized carbons (Fsp3) is 0.700. The van der Waals surface area contributed by atoms with Gasteiger partial charge >= 0.3 is 5.97 Å². The van der Waals surface area contributed by atoms with E-state index < -0.39 is 11.9 Å². The van der Waals surface area contributed by atoms with Gasteiger partial charge < -0.3 is 10.2 Å². The number of hydrogen-bond acceptors (Lipinski definition) is 2. The SMILES string of the molecule is CC(=O)O.CCCCCCCCCCCCC/C=C/C=C/C(=O)O. The molecular weight excluding hydrogens is 304 g/mol. The van der Waals surface area contributed by atoms with Gasteiger partial charge in [0, 0.05) is 13.0 Å². The van der Waals surface area contributed by atoms with Gasteiger partial charge in [-0.25, -0.2) is 4.79 Å². The smallest absolute Gasteiger partial charge is 0.328 e. The summed E-state index contributed by atoms with van der Waals surface area (Å²) in [5, 5.41) is 15.8. The van der Waals surface area contributed by atoms with Gasteiger partial charge in [0.1, 0.15) is 0 Å². The number of allylic oxidation sites excluding steroid dienone is 3. The van der Waals surface area contributed by atoms with Gasteiger partial charge in [-0.05, 0) is 12.8 Å². The van der Waals surface area contributed by atoms with Crippen LogP contribution >= 0.6 is 0 Å². The van der Waals surface area contributed by atoms with Crippen molar-refractivity contribution >= 4 is 11.9 Å². The van der Waals surface area contributed by atoms with Crippen LogP contribution in [-0.2, 0) is 9.59 Å². The molecule has 24 heavy (non-hydrogen) atoms. The number of carbonyl (C=O) groups is 2. The van der Waals surface area contributed by atoms with Crippen molar-refractivity contribution in [1.29, 1.82) is 0 Å². The van der Waals surface area contributed by atoms with E-state index in [2.05, 4.69) is 6.92 Å². The molecule has 0 radical (unpaired) electrons. The Bertz CT molecular complexity index is 342. The lowest BCUT2D eigenvalue weighted by Crippen LogP contribution is -1.84. The molecule has 0 heterocycles. The van der Waals surface area contributed by atoms with Crippen molar-refractivity contribution in [2.45, 2.75) is 90.9 Å². The molecule has 4 heteroatoms. The Morgan fingerprint density at radius 3 is 1.58 bits per heavy atom. The quantitative estimate of drug-likeness (QED) is 0.232. The van der Waals surface area contributed by atoms with Gasteiger partial charge in [0.15, 0.2) is 0 Å². The standard InChI is InChI=1S/C18H32O2.C2H4O2/c1-2-3-4-5-6-7-8-9-10-11-12-13-14-15-16-17-18(19)20;1-2(3)4/h14-17H,2-13H2,1H3,(H,19,20);1H3,(H,3,4)/b15-14+,17-16+;. The van der Waals surface area contributed by atoms with E-state index >= 15 is 0 Å². The summed E-state index contributed by atoms with van der Waals surface area (Å²) in [6, 6.07) is 0. The Morgan fingerprint density at radius 1 is 0.750 bits per heavy atom. The molecule has 0 saturated carbocycles. The minimum absolute atomic E-state index is 0.833. The van der Waals surface area contributed by atoms with Crippen LogP contribution in [0.1, 0.15) is 90.9 Å². The van der Waals surface area contributed by atoms with Gasteiger partial charge in [-0.3, -0.25) is 4.79 Å². The Labute approximate surface area is 147 Å². The highest BCUT2D eigenvalue weighted by Crippen LogP contribution is 2.11. The Balaban J connectivity index is 0. The average molecular weight is 341 g/mol. The topological polar surface area (TPSA) is 74.6 Å². The van der Waals surface area contributed by atoms with Gasteiger partial charge in [-0.1, -0.05) is 89.4 Å². The van der Waals surface area contributed by atoms with Crippen molar-refractivity contribution in [3.63, 3.8) is 0 Å². The maximum absolute atomic E-state index is 10.2. The second-order valence-corrected chi connectivity index (χ2v) is 5.97. The predicted octanol–water partition coefficient (Wildman–Crippen LogP) is 5.98. The van der Waals surface area contributed by atoms with E-state index in [-0.39, 0.29) is 0 Å². The maximum atomic E-state index is 10.2. The van der Waals surface area contributed by atoms with E-state index in [0.717, 1.165) is 19.4 Å². The number of carboxylic acid groups (broad SMARTS) is 2. The molecular formula is C20H36O4. The van der Waals surface area contributed by atoms with Crippen molar-refractivity contribution in [1.82, 2.24) is 0 Å². The molecule has 4 nitrogen and oxygen atoms in total. The Kier molecular flexibility index (Phi) is 22.0. The van der Waals surface area contributed by atoms with Crippen LogP contribution < -0.4 is 0 Å². The third-order valence-electron chi connectivity index (χ3n) is 3.46. The lowest BCUT2D eigenvalue weighted by Gasteiger charge is -2.01. The fourth-order valence-electron chi connectivity index (χ4n) is 2.24. The normalized spacial score (nSPS) is 10.8. The van der Waals surface area contributed by atoms with Crippen LogP contribution in [0.25, 0.3) is 0 Å². The monoisotopic (exact) mass is 340 g/mol. The molecule has 0 bridgehead atoms. The van der Waals surface area contributed by atoms with E-state index in [1.54, 1.807) is 6.08 Å². The van der Waals surface area contributed by atoms with Gasteiger partial charge in [-0.15, -0.1) is 0 Å². The number of carboxylic acids is 2. The van der Waals surface area contributed by atoms with Crippen LogP contribution in [0, 0.1) is 0 Å². The lowest BCUT2D eigenvalue weighted by molar-refractivity contribution is -0.134. The number of hydrogen-bond donors (Lipinski definition) is 2. The molecule has 0 aromatic carbocycles. The summed E-state index contributed by atoms with van der Waals surface area (Å²) in [5.41, 5.74) is 0. The summed E-state index contributed by atoms with van der Waals surface area (Å²) in [7, 11) is 0. The molecule has 0 aliphatic rings. The van der Waals surface area contributed by atoms with E-state index in [9.17, 15) is 4.79 Å². The molecule has 0 saturated heterocycles. The number of aliphatic carboxylic acids is 2. The largest absolute Gasteiger partial charge is 0.481 e. The van der Waals surface area contributed by atoms with Crippen molar-refractivity contribution < 1.29 is 19.8 Å². The molecule has 0 aromatic rings. The first-order valence-corrected chi connectivity index (χ1v) is 9.26. The Morgan fingerprint density at radius 2 is 1.17 bits per heavy atom. The molecule has 0 aromatic heterocycles. The molecule has 0 amide bonds. The van der Waals surface area contributed by atoms with E-state index in [1.165, 1.54) is 70.6 Å². The summed E-state index contributed by atoms with van der Waals surface area (Å²) in [4.78, 5) is 19.2. The van der Waals surface area contributed by atoms with Crippen LogP contribution in [0.2, 0.25) is 0 Å².